The lowest BCUT2D eigenvalue weighted by Crippen LogP contribution is -2.26. The molecule has 1 aromatic heterocycles. The third kappa shape index (κ3) is 4.62. The normalized spacial score (nSPS) is 14.0. The summed E-state index contributed by atoms with van der Waals surface area (Å²) in [6.45, 7) is 0. The van der Waals surface area contributed by atoms with Crippen LogP contribution in [0.3, 0.4) is 0 Å². The summed E-state index contributed by atoms with van der Waals surface area (Å²) < 4.78 is 40.0. The second-order valence-corrected chi connectivity index (χ2v) is 15.9. The van der Waals surface area contributed by atoms with Crippen molar-refractivity contribution in [3.8, 4) is 44.5 Å². The Balaban J connectivity index is 1.18. The van der Waals surface area contributed by atoms with Gasteiger partial charge >= 0.3 is 0 Å². The van der Waals surface area contributed by atoms with Crippen molar-refractivity contribution in [1.82, 2.24) is 0 Å². The number of hydrogen-bond acceptors (Lipinski definition) is 2. The van der Waals surface area contributed by atoms with Crippen molar-refractivity contribution < 1.29 is 5.48 Å². The van der Waals surface area contributed by atoms with Gasteiger partial charge in [-0.1, -0.05) is 170 Å². The molecule has 2 aliphatic rings. The van der Waals surface area contributed by atoms with E-state index in [0.29, 0.717) is 11.3 Å². The summed E-state index contributed by atoms with van der Waals surface area (Å²) >= 11 is 1.70. The highest BCUT2D eigenvalue weighted by Crippen LogP contribution is 2.63. The topological polar surface area (TPSA) is 3.24 Å². The molecule has 0 amide bonds. The number of hydrogen-bond donors (Lipinski definition) is 0. The van der Waals surface area contributed by atoms with Crippen LogP contribution < -0.4 is 4.90 Å². The number of rotatable bonds is 5. The first-order chi connectivity index (χ1) is 29.9. The lowest BCUT2D eigenvalue weighted by Gasteiger charge is -2.32. The first-order valence-electron chi connectivity index (χ1n) is 21.4. The van der Waals surface area contributed by atoms with Crippen molar-refractivity contribution in [1.29, 1.82) is 0 Å². The molecule has 9 aromatic carbocycles. The lowest BCUT2D eigenvalue weighted by molar-refractivity contribution is 0.793. The maximum Gasteiger partial charge on any atom is 0.0726 e. The Morgan fingerprint density at radius 2 is 0.947 bits per heavy atom. The summed E-state index contributed by atoms with van der Waals surface area (Å²) in [6.07, 6.45) is 0. The molecule has 0 bridgehead atoms. The molecule has 0 saturated heterocycles. The highest BCUT2D eigenvalue weighted by Gasteiger charge is 2.51. The third-order valence-electron chi connectivity index (χ3n) is 12.0. The number of fused-ring (bicyclic) bond motifs is 13. The number of anilines is 3. The summed E-state index contributed by atoms with van der Waals surface area (Å²) in [5.74, 6) is 0. The minimum Gasteiger partial charge on any atom is -0.310 e. The molecule has 10 aromatic rings. The van der Waals surface area contributed by atoms with Gasteiger partial charge in [-0.05, 0) is 104 Å². The van der Waals surface area contributed by atoms with E-state index < -0.39 is 5.41 Å². The quantitative estimate of drug-likeness (QED) is 0.170. The van der Waals surface area contributed by atoms with E-state index >= 15 is 0 Å². The van der Waals surface area contributed by atoms with E-state index in [0.717, 1.165) is 59.4 Å². The van der Waals surface area contributed by atoms with Gasteiger partial charge in [0.1, 0.15) is 0 Å². The number of para-hydroxylation sites is 1. The lowest BCUT2D eigenvalue weighted by atomic mass is 9.70. The predicted molar refractivity (Wildman–Crippen MR) is 241 cm³/mol. The number of benzene rings is 9. The average Bonchev–Trinajstić information content (AvgIpc) is 3.95. The van der Waals surface area contributed by atoms with Crippen molar-refractivity contribution in [2.45, 2.75) is 5.41 Å². The van der Waals surface area contributed by atoms with Gasteiger partial charge in [-0.25, -0.2) is 0 Å². The van der Waals surface area contributed by atoms with E-state index in [2.05, 4.69) is 150 Å². The molecule has 2 heteroatoms. The van der Waals surface area contributed by atoms with Crippen LogP contribution in [-0.4, -0.2) is 0 Å². The molecule has 0 saturated carbocycles. The summed E-state index contributed by atoms with van der Waals surface area (Å²) in [7, 11) is 0. The van der Waals surface area contributed by atoms with E-state index in [9.17, 15) is 4.11 Å². The Kier molecular flexibility index (Phi) is 6.24. The molecule has 2 aliphatic carbocycles. The largest absolute Gasteiger partial charge is 0.310 e. The fraction of sp³-hybridized carbons (Fsp3) is 0.0182. The van der Waals surface area contributed by atoms with Crippen LogP contribution in [-0.2, 0) is 5.41 Å². The Bertz CT molecular complexity index is 3360. The zero-order chi connectivity index (χ0) is 41.0. The fourth-order valence-electron chi connectivity index (χ4n) is 9.71. The summed E-state index contributed by atoms with van der Waals surface area (Å²) in [6, 6.07) is 65.2. The van der Waals surface area contributed by atoms with Crippen LogP contribution >= 0.6 is 11.3 Å². The van der Waals surface area contributed by atoms with E-state index in [-0.39, 0.29) is 24.2 Å². The van der Waals surface area contributed by atoms with Crippen molar-refractivity contribution in [2.24, 2.45) is 0 Å². The Morgan fingerprint density at radius 3 is 1.67 bits per heavy atom. The van der Waals surface area contributed by atoms with Crippen molar-refractivity contribution in [3.63, 3.8) is 0 Å². The molecule has 1 spiro atoms. The van der Waals surface area contributed by atoms with Gasteiger partial charge in [-0.15, -0.1) is 11.3 Å². The molecular weight excluding hydrogens is 707 g/mol. The highest BCUT2D eigenvalue weighted by molar-refractivity contribution is 7.25. The standard InChI is InChI=1S/C55H35NS/c1-2-15-36(16-3-1)37-29-31-38(32-30-37)56(51-26-12-7-20-44(51)45-22-14-28-53-54(45)46-21-8-13-27-52(46)57-53)39-33-34-43-42-19-6-11-25-49(42)55(50(43)35-39)47-23-9-4-17-40(47)41-18-5-10-24-48(41)55/h1-35H/i7D,12D,20D,26D. The van der Waals surface area contributed by atoms with Crippen LogP contribution in [0.1, 0.15) is 27.7 Å². The van der Waals surface area contributed by atoms with Gasteiger partial charge in [-0.3, -0.25) is 0 Å². The summed E-state index contributed by atoms with van der Waals surface area (Å²) in [5, 5.41) is 2.04. The molecule has 1 nitrogen and oxygen atoms in total. The van der Waals surface area contributed by atoms with Crippen LogP contribution in [0, 0.1) is 0 Å². The molecule has 0 fully saturated rings. The van der Waals surface area contributed by atoms with Gasteiger partial charge in [0.05, 0.1) is 16.6 Å². The van der Waals surface area contributed by atoms with Gasteiger partial charge < -0.3 is 4.90 Å². The molecule has 0 unspecified atom stereocenters. The van der Waals surface area contributed by atoms with E-state index in [1.165, 1.54) is 33.4 Å². The van der Waals surface area contributed by atoms with Crippen LogP contribution in [0.2, 0.25) is 0 Å². The van der Waals surface area contributed by atoms with Crippen molar-refractivity contribution >= 4 is 48.6 Å². The number of thiophene rings is 1. The van der Waals surface area contributed by atoms with Gasteiger partial charge in [0.15, 0.2) is 0 Å². The first kappa shape index (κ1) is 28.4. The molecule has 0 atom stereocenters. The zero-order valence-electron chi connectivity index (χ0n) is 34.8. The molecule has 266 valence electrons. The van der Waals surface area contributed by atoms with E-state index in [1.54, 1.807) is 11.3 Å². The zero-order valence-corrected chi connectivity index (χ0v) is 31.6. The summed E-state index contributed by atoms with van der Waals surface area (Å²) in [5.41, 5.74) is 14.4. The maximum atomic E-state index is 9.85. The van der Waals surface area contributed by atoms with E-state index in [1.807, 2.05) is 42.5 Å². The highest BCUT2D eigenvalue weighted by atomic mass is 32.1. The van der Waals surface area contributed by atoms with Crippen LogP contribution in [0.5, 0.6) is 0 Å². The smallest absolute Gasteiger partial charge is 0.0726 e. The Labute approximate surface area is 342 Å². The molecule has 12 rings (SSSR count). The SMILES string of the molecule is [2H]c1c([2H])c([2H])c(N(c2ccc(-c3ccccc3)cc2)c2ccc3c(c2)C2(c4ccccc4-c4ccccc42)c2ccccc2-3)c(-c2cccc3sc4ccccc4c23)c1[2H]. The fourth-order valence-corrected chi connectivity index (χ4v) is 10.8. The second-order valence-electron chi connectivity index (χ2n) is 14.9. The maximum absolute atomic E-state index is 9.85. The van der Waals surface area contributed by atoms with Gasteiger partial charge in [0.2, 0.25) is 0 Å². The minimum atomic E-state index is -0.599. The Morgan fingerprint density at radius 1 is 0.404 bits per heavy atom. The molecule has 57 heavy (non-hydrogen) atoms. The minimum absolute atomic E-state index is 0.0756. The second kappa shape index (κ2) is 12.5. The van der Waals surface area contributed by atoms with Gasteiger partial charge in [0.25, 0.3) is 0 Å². The van der Waals surface area contributed by atoms with Gasteiger partial charge in [-0.2, -0.15) is 0 Å². The van der Waals surface area contributed by atoms with Crippen molar-refractivity contribution in [2.75, 3.05) is 4.90 Å². The van der Waals surface area contributed by atoms with E-state index in [4.69, 9.17) is 1.37 Å². The molecule has 0 radical (unpaired) electrons. The summed E-state index contributed by atoms with van der Waals surface area (Å²) in [4.78, 5) is 2.07. The molecule has 0 N–H and O–H groups in total. The molecule has 0 aliphatic heterocycles. The first-order valence-corrected chi connectivity index (χ1v) is 20.2. The predicted octanol–water partition coefficient (Wildman–Crippen LogP) is 15.2. The molecular formula is C55H35NS. The van der Waals surface area contributed by atoms with Crippen LogP contribution in [0.25, 0.3) is 64.7 Å². The van der Waals surface area contributed by atoms with Crippen molar-refractivity contribution in [3.05, 3.63) is 234 Å². The average molecular weight is 746 g/mol. The number of nitrogens with zero attached hydrogens (tertiary/aromatic N) is 1. The molecule has 1 heterocycles. The monoisotopic (exact) mass is 745 g/mol. The van der Waals surface area contributed by atoms with Crippen LogP contribution in [0.4, 0.5) is 17.1 Å². The Hall–Kier alpha value is -7.00. The van der Waals surface area contributed by atoms with Gasteiger partial charge in [0, 0.05) is 37.1 Å². The third-order valence-corrected chi connectivity index (χ3v) is 13.2. The van der Waals surface area contributed by atoms with Crippen LogP contribution in [0.15, 0.2) is 212 Å².